The van der Waals surface area contributed by atoms with Crippen LogP contribution in [0.1, 0.15) is 57.8 Å². The summed E-state index contributed by atoms with van der Waals surface area (Å²) in [6.07, 6.45) is 12.4. The molecule has 2 rings (SSSR count). The van der Waals surface area contributed by atoms with Crippen LogP contribution in [0.5, 0.6) is 0 Å². The summed E-state index contributed by atoms with van der Waals surface area (Å²) in [4.78, 5) is 0. The molecule has 0 aromatic carbocycles. The normalized spacial score (nSPS) is 28.2. The van der Waals surface area contributed by atoms with Gasteiger partial charge in [-0.1, -0.05) is 19.3 Å². The lowest BCUT2D eigenvalue weighted by Gasteiger charge is -2.10. The quantitative estimate of drug-likeness (QED) is 0.472. The fourth-order valence-corrected chi connectivity index (χ4v) is 2.86. The van der Waals surface area contributed by atoms with Crippen LogP contribution in [-0.2, 0) is 4.74 Å². The molecule has 0 spiro atoms. The van der Waals surface area contributed by atoms with Crippen LogP contribution in [0.4, 0.5) is 0 Å². The second-order valence-corrected chi connectivity index (χ2v) is 5.69. The molecule has 2 atom stereocenters. The number of halogens is 1. The summed E-state index contributed by atoms with van der Waals surface area (Å²) in [5.41, 5.74) is 0. The Kier molecular flexibility index (Phi) is 4.77. The van der Waals surface area contributed by atoms with E-state index < -0.39 is 0 Å². The molecule has 0 amide bonds. The van der Waals surface area contributed by atoms with Crippen LogP contribution >= 0.6 is 11.6 Å². The van der Waals surface area contributed by atoms with Gasteiger partial charge in [0.25, 0.3) is 0 Å². The molecule has 1 saturated heterocycles. The predicted molar refractivity (Wildman–Crippen MR) is 64.4 cm³/mol. The molecule has 0 aromatic rings. The van der Waals surface area contributed by atoms with E-state index in [-0.39, 0.29) is 0 Å². The van der Waals surface area contributed by atoms with E-state index in [2.05, 4.69) is 0 Å². The predicted octanol–water partition coefficient (Wildman–Crippen LogP) is 4.13. The number of rotatable bonds is 7. The molecule has 2 unspecified atom stereocenters. The molecule has 1 aliphatic carbocycles. The van der Waals surface area contributed by atoms with Crippen molar-refractivity contribution in [2.24, 2.45) is 5.92 Å². The van der Waals surface area contributed by atoms with Crippen molar-refractivity contribution in [2.75, 3.05) is 6.61 Å². The lowest BCUT2D eigenvalue weighted by atomic mass is 10.0. The van der Waals surface area contributed by atoms with Gasteiger partial charge in [0.1, 0.15) is 0 Å². The molecule has 0 N–H and O–H groups in total. The van der Waals surface area contributed by atoms with Crippen LogP contribution < -0.4 is 0 Å². The molecule has 1 saturated carbocycles. The maximum atomic E-state index is 6.26. The zero-order valence-corrected chi connectivity index (χ0v) is 10.3. The third-order valence-electron chi connectivity index (χ3n) is 3.66. The summed E-state index contributed by atoms with van der Waals surface area (Å²) in [6.45, 7) is 0.996. The Labute approximate surface area is 98.5 Å². The largest absolute Gasteiger partial charge is 0.378 e. The number of unbranched alkanes of at least 4 members (excludes halogenated alkanes) is 2. The summed E-state index contributed by atoms with van der Waals surface area (Å²) in [6, 6.07) is 0. The lowest BCUT2D eigenvalue weighted by Crippen LogP contribution is -2.04. The van der Waals surface area contributed by atoms with Gasteiger partial charge in [-0.25, -0.2) is 0 Å². The molecule has 0 radical (unpaired) electrons. The zero-order valence-electron chi connectivity index (χ0n) is 9.59. The summed E-state index contributed by atoms with van der Waals surface area (Å²) in [7, 11) is 0. The number of hydrogen-bond donors (Lipinski definition) is 0. The number of hydrogen-bond acceptors (Lipinski definition) is 1. The minimum atomic E-state index is 0.479. The van der Waals surface area contributed by atoms with Crippen LogP contribution in [0.15, 0.2) is 0 Å². The van der Waals surface area contributed by atoms with Crippen molar-refractivity contribution in [3.8, 4) is 0 Å². The first kappa shape index (κ1) is 11.7. The Balaban J connectivity index is 1.41. The smallest absolute Gasteiger partial charge is 0.0576 e. The summed E-state index contributed by atoms with van der Waals surface area (Å²) in [5.74, 6) is 0.866. The molecule has 2 heteroatoms. The standard InChI is InChI=1S/C13H23ClO/c14-13(11-8-9-11)7-3-1-2-5-12-6-4-10-15-12/h11-13H,1-10H2. The van der Waals surface area contributed by atoms with E-state index >= 15 is 0 Å². The minimum absolute atomic E-state index is 0.479. The van der Waals surface area contributed by atoms with Crippen molar-refractivity contribution in [3.63, 3.8) is 0 Å². The summed E-state index contributed by atoms with van der Waals surface area (Å²) < 4.78 is 5.60. The highest BCUT2D eigenvalue weighted by molar-refractivity contribution is 6.20. The van der Waals surface area contributed by atoms with Gasteiger partial charge in [0, 0.05) is 12.0 Å². The van der Waals surface area contributed by atoms with Gasteiger partial charge in [-0.3, -0.25) is 0 Å². The highest BCUT2D eigenvalue weighted by Gasteiger charge is 2.28. The Hall–Kier alpha value is 0.250. The molecule has 0 bridgehead atoms. The minimum Gasteiger partial charge on any atom is -0.378 e. The first-order chi connectivity index (χ1) is 7.36. The Morgan fingerprint density at radius 3 is 2.67 bits per heavy atom. The van der Waals surface area contributed by atoms with E-state index in [1.165, 1.54) is 57.8 Å². The lowest BCUT2D eigenvalue weighted by molar-refractivity contribution is 0.102. The van der Waals surface area contributed by atoms with E-state index in [0.717, 1.165) is 12.5 Å². The average Bonchev–Trinajstić information content (AvgIpc) is 2.97. The summed E-state index contributed by atoms with van der Waals surface area (Å²) >= 11 is 6.26. The summed E-state index contributed by atoms with van der Waals surface area (Å²) in [5, 5.41) is 0.479. The van der Waals surface area contributed by atoms with Crippen LogP contribution in [0.25, 0.3) is 0 Å². The SMILES string of the molecule is ClC(CCCCCC1CCCO1)C1CC1. The highest BCUT2D eigenvalue weighted by Crippen LogP contribution is 2.37. The third kappa shape index (κ3) is 4.32. The molecular weight excluding hydrogens is 208 g/mol. The van der Waals surface area contributed by atoms with Gasteiger partial charge in [-0.05, 0) is 44.4 Å². The zero-order chi connectivity index (χ0) is 10.5. The fraction of sp³-hybridized carbons (Fsp3) is 1.00. The molecule has 1 nitrogen and oxygen atoms in total. The van der Waals surface area contributed by atoms with E-state index in [1.54, 1.807) is 0 Å². The average molecular weight is 231 g/mol. The number of alkyl halides is 1. The topological polar surface area (TPSA) is 9.23 Å². The fourth-order valence-electron chi connectivity index (χ4n) is 2.45. The molecular formula is C13H23ClO. The van der Waals surface area contributed by atoms with Crippen molar-refractivity contribution in [3.05, 3.63) is 0 Å². The third-order valence-corrected chi connectivity index (χ3v) is 4.24. The van der Waals surface area contributed by atoms with Crippen molar-refractivity contribution in [1.82, 2.24) is 0 Å². The van der Waals surface area contributed by atoms with E-state index in [0.29, 0.717) is 11.5 Å². The maximum absolute atomic E-state index is 6.26. The van der Waals surface area contributed by atoms with Crippen LogP contribution in [-0.4, -0.2) is 18.1 Å². The van der Waals surface area contributed by atoms with Crippen LogP contribution in [0.3, 0.4) is 0 Å². The Bertz CT molecular complexity index is 169. The van der Waals surface area contributed by atoms with Crippen molar-refractivity contribution in [1.29, 1.82) is 0 Å². The van der Waals surface area contributed by atoms with Gasteiger partial charge in [-0.15, -0.1) is 11.6 Å². The molecule has 0 aromatic heterocycles. The first-order valence-electron chi connectivity index (χ1n) is 6.62. The van der Waals surface area contributed by atoms with Gasteiger partial charge in [0.05, 0.1) is 6.10 Å². The Morgan fingerprint density at radius 2 is 2.00 bits per heavy atom. The van der Waals surface area contributed by atoms with Gasteiger partial charge in [0.2, 0.25) is 0 Å². The molecule has 2 fully saturated rings. The molecule has 1 aliphatic heterocycles. The van der Waals surface area contributed by atoms with Crippen molar-refractivity contribution < 1.29 is 4.74 Å². The van der Waals surface area contributed by atoms with Gasteiger partial charge in [0.15, 0.2) is 0 Å². The molecule has 2 aliphatic rings. The van der Waals surface area contributed by atoms with E-state index in [4.69, 9.17) is 16.3 Å². The van der Waals surface area contributed by atoms with Gasteiger partial charge >= 0.3 is 0 Å². The van der Waals surface area contributed by atoms with E-state index in [9.17, 15) is 0 Å². The van der Waals surface area contributed by atoms with Crippen molar-refractivity contribution in [2.45, 2.75) is 69.3 Å². The molecule has 15 heavy (non-hydrogen) atoms. The Morgan fingerprint density at radius 1 is 1.13 bits per heavy atom. The second-order valence-electron chi connectivity index (χ2n) is 5.13. The van der Waals surface area contributed by atoms with Crippen LogP contribution in [0.2, 0.25) is 0 Å². The van der Waals surface area contributed by atoms with Crippen molar-refractivity contribution >= 4 is 11.6 Å². The molecule has 1 heterocycles. The van der Waals surface area contributed by atoms with Gasteiger partial charge < -0.3 is 4.74 Å². The number of ether oxygens (including phenoxy) is 1. The monoisotopic (exact) mass is 230 g/mol. The first-order valence-corrected chi connectivity index (χ1v) is 7.05. The highest BCUT2D eigenvalue weighted by atomic mass is 35.5. The molecule has 88 valence electrons. The second kappa shape index (κ2) is 6.10. The van der Waals surface area contributed by atoms with Gasteiger partial charge in [-0.2, -0.15) is 0 Å². The maximum Gasteiger partial charge on any atom is 0.0576 e. The van der Waals surface area contributed by atoms with Crippen LogP contribution in [0, 0.1) is 5.92 Å². The van der Waals surface area contributed by atoms with E-state index in [1.807, 2.05) is 0 Å².